The number of amides is 1. The Morgan fingerprint density at radius 1 is 1.12 bits per heavy atom. The highest BCUT2D eigenvalue weighted by molar-refractivity contribution is 5.67. The average molecular weight is 343 g/mol. The lowest BCUT2D eigenvalue weighted by Crippen LogP contribution is -2.39. The zero-order chi connectivity index (χ0) is 18.2. The molecule has 6 heteroatoms. The number of hydrogen-bond acceptors (Lipinski definition) is 5. The van der Waals surface area contributed by atoms with Gasteiger partial charge >= 0.3 is 12.1 Å². The van der Waals surface area contributed by atoms with Gasteiger partial charge in [-0.3, -0.25) is 10.1 Å². The van der Waals surface area contributed by atoms with E-state index in [2.05, 4.69) is 5.32 Å². The molecule has 0 aromatic heterocycles. The SMILES string of the molecule is CC(=O)OCCC1CCC(CCC(O)NC(=O)OC(C)(C)C)CC1. The fraction of sp³-hybridized carbons (Fsp3) is 0.889. The lowest BCUT2D eigenvalue weighted by Gasteiger charge is -2.29. The first-order valence-electron chi connectivity index (χ1n) is 8.96. The zero-order valence-electron chi connectivity index (χ0n) is 15.5. The van der Waals surface area contributed by atoms with Crippen molar-refractivity contribution in [3.63, 3.8) is 0 Å². The number of aliphatic hydroxyl groups excluding tert-OH is 1. The van der Waals surface area contributed by atoms with E-state index in [0.717, 1.165) is 38.5 Å². The number of aliphatic hydroxyl groups is 1. The van der Waals surface area contributed by atoms with Gasteiger partial charge in [0.25, 0.3) is 0 Å². The first-order chi connectivity index (χ1) is 11.2. The summed E-state index contributed by atoms with van der Waals surface area (Å²) in [7, 11) is 0. The number of esters is 1. The lowest BCUT2D eigenvalue weighted by atomic mass is 9.79. The van der Waals surface area contributed by atoms with Crippen molar-refractivity contribution in [1.29, 1.82) is 0 Å². The summed E-state index contributed by atoms with van der Waals surface area (Å²) in [4.78, 5) is 22.3. The van der Waals surface area contributed by atoms with Crippen LogP contribution in [0.25, 0.3) is 0 Å². The molecule has 0 aromatic carbocycles. The van der Waals surface area contributed by atoms with Gasteiger partial charge in [-0.2, -0.15) is 0 Å². The highest BCUT2D eigenvalue weighted by atomic mass is 16.6. The molecule has 1 atom stereocenters. The third-order valence-electron chi connectivity index (χ3n) is 4.33. The molecule has 140 valence electrons. The van der Waals surface area contributed by atoms with Crippen LogP contribution in [0.1, 0.15) is 72.6 Å². The van der Waals surface area contributed by atoms with E-state index in [1.165, 1.54) is 6.92 Å². The van der Waals surface area contributed by atoms with Crippen LogP contribution in [0.15, 0.2) is 0 Å². The Hall–Kier alpha value is -1.30. The Bertz CT molecular complexity index is 397. The van der Waals surface area contributed by atoms with Crippen LogP contribution in [0.2, 0.25) is 0 Å². The predicted molar refractivity (Wildman–Crippen MR) is 91.3 cm³/mol. The molecule has 0 heterocycles. The molecule has 1 aliphatic carbocycles. The van der Waals surface area contributed by atoms with Gasteiger partial charge in [0.05, 0.1) is 6.61 Å². The Kier molecular flexibility index (Phi) is 8.53. The van der Waals surface area contributed by atoms with E-state index < -0.39 is 17.9 Å². The van der Waals surface area contributed by atoms with Crippen molar-refractivity contribution < 1.29 is 24.2 Å². The number of carbonyl (C=O) groups excluding carboxylic acids is 2. The molecule has 1 amide bonds. The number of hydrogen-bond donors (Lipinski definition) is 2. The summed E-state index contributed by atoms with van der Waals surface area (Å²) >= 11 is 0. The minimum Gasteiger partial charge on any atom is -0.466 e. The summed E-state index contributed by atoms with van der Waals surface area (Å²) in [6.07, 6.45) is 5.48. The molecule has 0 radical (unpaired) electrons. The van der Waals surface area contributed by atoms with Gasteiger partial charge in [0, 0.05) is 6.92 Å². The molecule has 0 bridgehead atoms. The number of alkyl carbamates (subject to hydrolysis) is 1. The van der Waals surface area contributed by atoms with E-state index in [-0.39, 0.29) is 5.97 Å². The van der Waals surface area contributed by atoms with E-state index in [9.17, 15) is 14.7 Å². The summed E-state index contributed by atoms with van der Waals surface area (Å²) < 4.78 is 10.1. The summed E-state index contributed by atoms with van der Waals surface area (Å²) in [5.74, 6) is 1.01. The number of rotatable bonds is 7. The van der Waals surface area contributed by atoms with Gasteiger partial charge in [0.1, 0.15) is 11.8 Å². The van der Waals surface area contributed by atoms with Gasteiger partial charge < -0.3 is 14.6 Å². The average Bonchev–Trinajstić information content (AvgIpc) is 2.44. The van der Waals surface area contributed by atoms with Gasteiger partial charge in [-0.15, -0.1) is 0 Å². The van der Waals surface area contributed by atoms with E-state index >= 15 is 0 Å². The van der Waals surface area contributed by atoms with Crippen molar-refractivity contribution in [2.24, 2.45) is 11.8 Å². The van der Waals surface area contributed by atoms with Crippen LogP contribution in [0.5, 0.6) is 0 Å². The highest BCUT2D eigenvalue weighted by Gasteiger charge is 2.23. The topological polar surface area (TPSA) is 84.9 Å². The minimum absolute atomic E-state index is 0.213. The van der Waals surface area contributed by atoms with E-state index in [0.29, 0.717) is 24.9 Å². The third-order valence-corrected chi connectivity index (χ3v) is 4.33. The Morgan fingerprint density at radius 2 is 1.67 bits per heavy atom. The van der Waals surface area contributed by atoms with Crippen molar-refractivity contribution in [2.45, 2.75) is 84.5 Å². The molecule has 0 spiro atoms. The maximum absolute atomic E-state index is 11.6. The standard InChI is InChI=1S/C18H33NO5/c1-13(20)23-12-11-15-7-5-14(6-8-15)9-10-16(21)19-17(22)24-18(2,3)4/h14-16,21H,5-12H2,1-4H3,(H,19,22). The first-order valence-corrected chi connectivity index (χ1v) is 8.96. The van der Waals surface area contributed by atoms with Crippen LogP contribution in [0, 0.1) is 11.8 Å². The van der Waals surface area contributed by atoms with Crippen molar-refractivity contribution in [2.75, 3.05) is 6.61 Å². The number of ether oxygens (including phenoxy) is 2. The second-order valence-electron chi connectivity index (χ2n) is 7.75. The molecule has 24 heavy (non-hydrogen) atoms. The number of carbonyl (C=O) groups is 2. The Balaban J connectivity index is 2.14. The minimum atomic E-state index is -0.860. The van der Waals surface area contributed by atoms with Crippen LogP contribution in [0.4, 0.5) is 4.79 Å². The van der Waals surface area contributed by atoms with Crippen LogP contribution in [-0.2, 0) is 14.3 Å². The highest BCUT2D eigenvalue weighted by Crippen LogP contribution is 2.33. The Morgan fingerprint density at radius 3 is 2.17 bits per heavy atom. The van der Waals surface area contributed by atoms with Gasteiger partial charge in [-0.25, -0.2) is 4.79 Å². The van der Waals surface area contributed by atoms with Crippen LogP contribution in [0.3, 0.4) is 0 Å². The maximum atomic E-state index is 11.6. The maximum Gasteiger partial charge on any atom is 0.409 e. The molecule has 0 aromatic rings. The molecule has 6 nitrogen and oxygen atoms in total. The molecule has 1 rings (SSSR count). The van der Waals surface area contributed by atoms with Crippen LogP contribution in [-0.4, -0.2) is 35.6 Å². The second-order valence-corrected chi connectivity index (χ2v) is 7.75. The number of nitrogens with one attached hydrogen (secondary N) is 1. The fourth-order valence-corrected chi connectivity index (χ4v) is 3.09. The van der Waals surface area contributed by atoms with Crippen molar-refractivity contribution in [3.8, 4) is 0 Å². The van der Waals surface area contributed by atoms with Crippen molar-refractivity contribution in [1.82, 2.24) is 5.32 Å². The second kappa shape index (κ2) is 9.87. The molecule has 1 aliphatic rings. The smallest absolute Gasteiger partial charge is 0.409 e. The fourth-order valence-electron chi connectivity index (χ4n) is 3.09. The normalized spacial score (nSPS) is 22.5. The van der Waals surface area contributed by atoms with Gasteiger partial charge in [0.2, 0.25) is 0 Å². The van der Waals surface area contributed by atoms with E-state index in [1.54, 1.807) is 20.8 Å². The Labute approximate surface area is 145 Å². The zero-order valence-corrected chi connectivity index (χ0v) is 15.5. The quantitative estimate of drug-likeness (QED) is 0.547. The molecule has 0 saturated heterocycles. The van der Waals surface area contributed by atoms with Crippen LogP contribution < -0.4 is 5.32 Å². The molecule has 1 saturated carbocycles. The molecular weight excluding hydrogens is 310 g/mol. The van der Waals surface area contributed by atoms with Gasteiger partial charge in [-0.05, 0) is 51.9 Å². The monoisotopic (exact) mass is 343 g/mol. The lowest BCUT2D eigenvalue weighted by molar-refractivity contribution is -0.141. The molecule has 0 aliphatic heterocycles. The first kappa shape index (κ1) is 20.7. The van der Waals surface area contributed by atoms with Crippen molar-refractivity contribution in [3.05, 3.63) is 0 Å². The molecular formula is C18H33NO5. The molecule has 1 unspecified atom stereocenters. The largest absolute Gasteiger partial charge is 0.466 e. The van der Waals surface area contributed by atoms with Gasteiger partial charge in [-0.1, -0.05) is 25.7 Å². The third kappa shape index (κ3) is 9.75. The van der Waals surface area contributed by atoms with Gasteiger partial charge in [0.15, 0.2) is 0 Å². The summed E-state index contributed by atoms with van der Waals surface area (Å²) in [5, 5.41) is 12.4. The predicted octanol–water partition coefficient (Wildman–Crippen LogP) is 3.37. The molecule has 2 N–H and O–H groups in total. The summed E-state index contributed by atoms with van der Waals surface area (Å²) in [6, 6.07) is 0. The van der Waals surface area contributed by atoms with Crippen molar-refractivity contribution >= 4 is 12.1 Å². The molecule has 1 fully saturated rings. The van der Waals surface area contributed by atoms with Crippen LogP contribution >= 0.6 is 0 Å². The summed E-state index contributed by atoms with van der Waals surface area (Å²) in [6.45, 7) is 7.33. The van der Waals surface area contributed by atoms with E-state index in [4.69, 9.17) is 9.47 Å². The summed E-state index contributed by atoms with van der Waals surface area (Å²) in [5.41, 5.74) is -0.561. The van der Waals surface area contributed by atoms with E-state index in [1.807, 2.05) is 0 Å².